The predicted molar refractivity (Wildman–Crippen MR) is 93.5 cm³/mol. The van der Waals surface area contributed by atoms with E-state index >= 15 is 0 Å². The Balaban J connectivity index is 1.72. The van der Waals surface area contributed by atoms with Crippen molar-refractivity contribution in [1.29, 1.82) is 0 Å². The van der Waals surface area contributed by atoms with E-state index in [1.54, 1.807) is 7.11 Å². The second kappa shape index (κ2) is 9.60. The van der Waals surface area contributed by atoms with Crippen LogP contribution in [0, 0.1) is 5.92 Å². The molecule has 0 aromatic heterocycles. The lowest BCUT2D eigenvalue weighted by atomic mass is 9.89. The largest absolute Gasteiger partial charge is 0.383 e. The molecular formula is C18H35N3O2. The molecule has 2 unspecified atom stereocenters. The van der Waals surface area contributed by atoms with Crippen molar-refractivity contribution < 1.29 is 9.53 Å². The third-order valence-corrected chi connectivity index (χ3v) is 5.60. The molecule has 0 aromatic rings. The van der Waals surface area contributed by atoms with Crippen LogP contribution in [0.1, 0.15) is 46.0 Å². The molecule has 1 N–H and O–H groups in total. The third-order valence-electron chi connectivity index (χ3n) is 5.60. The van der Waals surface area contributed by atoms with Gasteiger partial charge in [0, 0.05) is 45.9 Å². The van der Waals surface area contributed by atoms with Gasteiger partial charge in [-0.05, 0) is 32.6 Å². The van der Waals surface area contributed by atoms with Crippen molar-refractivity contribution in [3.05, 3.63) is 0 Å². The average Bonchev–Trinajstić information content (AvgIpc) is 2.58. The van der Waals surface area contributed by atoms with Crippen LogP contribution in [0.2, 0.25) is 0 Å². The Bertz CT molecular complexity index is 358. The fraction of sp³-hybridized carbons (Fsp3) is 0.944. The standard InChI is InChI=1S/C18H35N3O2/c1-15-14-21(10-9-20(15)11-12-23-3)16(2)18(22)19-13-17-7-5-4-6-8-17/h15-17H,4-14H2,1-3H3,(H,19,22). The van der Waals surface area contributed by atoms with Gasteiger partial charge < -0.3 is 10.1 Å². The summed E-state index contributed by atoms with van der Waals surface area (Å²) in [7, 11) is 1.75. The molecule has 0 radical (unpaired) electrons. The van der Waals surface area contributed by atoms with E-state index in [4.69, 9.17) is 4.74 Å². The number of carbonyl (C=O) groups is 1. The Hall–Kier alpha value is -0.650. The number of carbonyl (C=O) groups excluding carboxylic acids is 1. The third kappa shape index (κ3) is 5.73. The molecule has 1 saturated heterocycles. The number of nitrogens with one attached hydrogen (secondary N) is 1. The van der Waals surface area contributed by atoms with Gasteiger partial charge in [-0.2, -0.15) is 0 Å². The van der Waals surface area contributed by atoms with Gasteiger partial charge in [0.15, 0.2) is 0 Å². The topological polar surface area (TPSA) is 44.8 Å². The molecule has 134 valence electrons. The monoisotopic (exact) mass is 325 g/mol. The number of rotatable bonds is 7. The highest BCUT2D eigenvalue weighted by Gasteiger charge is 2.29. The first kappa shape index (κ1) is 18.7. The average molecular weight is 325 g/mol. The van der Waals surface area contributed by atoms with E-state index in [-0.39, 0.29) is 11.9 Å². The first-order chi connectivity index (χ1) is 11.1. The van der Waals surface area contributed by atoms with Gasteiger partial charge in [0.2, 0.25) is 5.91 Å². The van der Waals surface area contributed by atoms with Gasteiger partial charge in [0.05, 0.1) is 12.6 Å². The highest BCUT2D eigenvalue weighted by molar-refractivity contribution is 5.81. The smallest absolute Gasteiger partial charge is 0.237 e. The lowest BCUT2D eigenvalue weighted by Gasteiger charge is -2.41. The van der Waals surface area contributed by atoms with Gasteiger partial charge in [-0.1, -0.05) is 19.3 Å². The number of piperazine rings is 1. The molecule has 5 heteroatoms. The molecule has 23 heavy (non-hydrogen) atoms. The summed E-state index contributed by atoms with van der Waals surface area (Å²) in [6.45, 7) is 9.86. The molecule has 1 heterocycles. The quantitative estimate of drug-likeness (QED) is 0.774. The molecule has 5 nitrogen and oxygen atoms in total. The fourth-order valence-corrected chi connectivity index (χ4v) is 3.87. The van der Waals surface area contributed by atoms with Crippen LogP contribution >= 0.6 is 0 Å². The summed E-state index contributed by atoms with van der Waals surface area (Å²) < 4.78 is 5.18. The Morgan fingerprint density at radius 1 is 1.26 bits per heavy atom. The van der Waals surface area contributed by atoms with Crippen molar-refractivity contribution in [2.45, 2.75) is 58.0 Å². The molecule has 1 amide bonds. The molecule has 2 fully saturated rings. The molecule has 0 spiro atoms. The highest BCUT2D eigenvalue weighted by atomic mass is 16.5. The molecule has 0 aromatic carbocycles. The van der Waals surface area contributed by atoms with E-state index in [1.807, 2.05) is 6.92 Å². The van der Waals surface area contributed by atoms with E-state index in [9.17, 15) is 4.79 Å². The van der Waals surface area contributed by atoms with Gasteiger partial charge in [-0.3, -0.25) is 14.6 Å². The Morgan fingerprint density at radius 2 is 2.00 bits per heavy atom. The van der Waals surface area contributed by atoms with Crippen LogP contribution in [0.15, 0.2) is 0 Å². The van der Waals surface area contributed by atoms with Crippen molar-refractivity contribution in [2.24, 2.45) is 5.92 Å². The minimum atomic E-state index is -0.0226. The molecule has 2 aliphatic rings. The van der Waals surface area contributed by atoms with Gasteiger partial charge in [-0.25, -0.2) is 0 Å². The SMILES string of the molecule is COCCN1CCN(C(C)C(=O)NCC2CCCCC2)CC1C. The van der Waals surface area contributed by atoms with Crippen LogP contribution in [-0.4, -0.2) is 74.2 Å². The first-order valence-corrected chi connectivity index (χ1v) is 9.36. The van der Waals surface area contributed by atoms with E-state index in [0.29, 0.717) is 12.0 Å². The first-order valence-electron chi connectivity index (χ1n) is 9.36. The van der Waals surface area contributed by atoms with Crippen molar-refractivity contribution in [3.63, 3.8) is 0 Å². The summed E-state index contributed by atoms with van der Waals surface area (Å²) in [4.78, 5) is 17.2. The van der Waals surface area contributed by atoms with Crippen LogP contribution in [0.3, 0.4) is 0 Å². The normalized spacial score (nSPS) is 26.1. The zero-order chi connectivity index (χ0) is 16.7. The van der Waals surface area contributed by atoms with Crippen LogP contribution in [0.4, 0.5) is 0 Å². The summed E-state index contributed by atoms with van der Waals surface area (Å²) in [6, 6.07) is 0.457. The minimum absolute atomic E-state index is 0.0226. The number of hydrogen-bond acceptors (Lipinski definition) is 4. The van der Waals surface area contributed by atoms with E-state index in [1.165, 1.54) is 32.1 Å². The van der Waals surface area contributed by atoms with Crippen LogP contribution in [0.25, 0.3) is 0 Å². The lowest BCUT2D eigenvalue weighted by Crippen LogP contribution is -2.57. The summed E-state index contributed by atoms with van der Waals surface area (Å²) in [5.74, 6) is 0.901. The summed E-state index contributed by atoms with van der Waals surface area (Å²) in [5.41, 5.74) is 0. The zero-order valence-corrected chi connectivity index (χ0v) is 15.2. The number of amides is 1. The summed E-state index contributed by atoms with van der Waals surface area (Å²) in [5, 5.41) is 3.20. The van der Waals surface area contributed by atoms with Crippen molar-refractivity contribution >= 4 is 5.91 Å². The maximum Gasteiger partial charge on any atom is 0.237 e. The number of hydrogen-bond donors (Lipinski definition) is 1. The van der Waals surface area contributed by atoms with E-state index < -0.39 is 0 Å². The Labute approximate surface area is 141 Å². The Kier molecular flexibility index (Phi) is 7.80. The molecule has 0 bridgehead atoms. The second-order valence-electron chi connectivity index (χ2n) is 7.30. The van der Waals surface area contributed by atoms with Gasteiger partial charge in [0.1, 0.15) is 0 Å². The predicted octanol–water partition coefficient (Wildman–Crippen LogP) is 1.72. The summed E-state index contributed by atoms with van der Waals surface area (Å²) >= 11 is 0. The van der Waals surface area contributed by atoms with Gasteiger partial charge >= 0.3 is 0 Å². The number of methoxy groups -OCH3 is 1. The van der Waals surface area contributed by atoms with Crippen LogP contribution < -0.4 is 5.32 Å². The summed E-state index contributed by atoms with van der Waals surface area (Å²) in [6.07, 6.45) is 6.59. The minimum Gasteiger partial charge on any atom is -0.383 e. The molecule has 2 atom stereocenters. The zero-order valence-electron chi connectivity index (χ0n) is 15.2. The molecule has 1 saturated carbocycles. The molecule has 2 rings (SSSR count). The van der Waals surface area contributed by atoms with E-state index in [0.717, 1.165) is 39.3 Å². The van der Waals surface area contributed by atoms with Crippen molar-refractivity contribution in [1.82, 2.24) is 15.1 Å². The number of ether oxygens (including phenoxy) is 1. The maximum atomic E-state index is 12.5. The molecular weight excluding hydrogens is 290 g/mol. The van der Waals surface area contributed by atoms with Crippen molar-refractivity contribution in [2.75, 3.05) is 46.4 Å². The fourth-order valence-electron chi connectivity index (χ4n) is 3.87. The van der Waals surface area contributed by atoms with Crippen LogP contribution in [-0.2, 0) is 9.53 Å². The molecule has 1 aliphatic carbocycles. The van der Waals surface area contributed by atoms with E-state index in [2.05, 4.69) is 22.0 Å². The van der Waals surface area contributed by atoms with Gasteiger partial charge in [0.25, 0.3) is 0 Å². The van der Waals surface area contributed by atoms with Gasteiger partial charge in [-0.15, -0.1) is 0 Å². The highest BCUT2D eigenvalue weighted by Crippen LogP contribution is 2.22. The maximum absolute atomic E-state index is 12.5. The van der Waals surface area contributed by atoms with Crippen LogP contribution in [0.5, 0.6) is 0 Å². The Morgan fingerprint density at radius 3 is 2.65 bits per heavy atom. The lowest BCUT2D eigenvalue weighted by molar-refractivity contribution is -0.127. The van der Waals surface area contributed by atoms with Crippen molar-refractivity contribution in [3.8, 4) is 0 Å². The number of nitrogens with zero attached hydrogens (tertiary/aromatic N) is 2. The second-order valence-corrected chi connectivity index (χ2v) is 7.30. The molecule has 1 aliphatic heterocycles.